The monoisotopic (exact) mass is 336 g/mol. The molecule has 7 heteroatoms. The molecule has 1 aliphatic rings. The normalized spacial score (nSPS) is 21.4. The Labute approximate surface area is 135 Å². The highest BCUT2D eigenvalue weighted by molar-refractivity contribution is 7.22. The Morgan fingerprint density at radius 2 is 2.09 bits per heavy atom. The van der Waals surface area contributed by atoms with Gasteiger partial charge in [0, 0.05) is 5.03 Å². The maximum Gasteiger partial charge on any atom is 0.307 e. The number of nitrogens with zero attached hydrogens (tertiary/aromatic N) is 1. The van der Waals surface area contributed by atoms with E-state index in [4.69, 9.17) is 11.6 Å². The van der Waals surface area contributed by atoms with Crippen molar-refractivity contribution in [1.29, 1.82) is 0 Å². The van der Waals surface area contributed by atoms with Crippen LogP contribution in [0.1, 0.15) is 12.8 Å². The minimum atomic E-state index is -0.982. The van der Waals surface area contributed by atoms with E-state index in [9.17, 15) is 14.7 Å². The SMILES string of the molecule is O=C(Nc1nc2ccccc2s1)[C@H]1CC(Cl)=CC[C@H]1C(=O)O. The second-order valence-corrected chi connectivity index (χ2v) is 6.63. The van der Waals surface area contributed by atoms with Crippen LogP contribution in [0.2, 0.25) is 0 Å². The molecule has 22 heavy (non-hydrogen) atoms. The molecule has 0 aliphatic heterocycles. The first kappa shape index (κ1) is 15.0. The van der Waals surface area contributed by atoms with Crippen LogP contribution in [-0.4, -0.2) is 22.0 Å². The summed E-state index contributed by atoms with van der Waals surface area (Å²) in [6.45, 7) is 0. The van der Waals surface area contributed by atoms with Crippen molar-refractivity contribution >= 4 is 50.2 Å². The van der Waals surface area contributed by atoms with Crippen molar-refractivity contribution in [2.45, 2.75) is 12.8 Å². The summed E-state index contributed by atoms with van der Waals surface area (Å²) in [6, 6.07) is 7.56. The summed E-state index contributed by atoms with van der Waals surface area (Å²) < 4.78 is 0.967. The van der Waals surface area contributed by atoms with E-state index < -0.39 is 17.8 Å². The summed E-state index contributed by atoms with van der Waals surface area (Å²) >= 11 is 7.33. The molecule has 1 aliphatic carbocycles. The third kappa shape index (κ3) is 2.98. The Hall–Kier alpha value is -1.92. The van der Waals surface area contributed by atoms with E-state index in [1.807, 2.05) is 24.3 Å². The van der Waals surface area contributed by atoms with Gasteiger partial charge in [-0.25, -0.2) is 4.98 Å². The van der Waals surface area contributed by atoms with Crippen molar-refractivity contribution in [3.8, 4) is 0 Å². The van der Waals surface area contributed by atoms with Crippen molar-refractivity contribution in [3.63, 3.8) is 0 Å². The Bertz CT molecular complexity index is 738. The maximum atomic E-state index is 12.4. The highest BCUT2D eigenvalue weighted by atomic mass is 35.5. The lowest BCUT2D eigenvalue weighted by Crippen LogP contribution is -2.35. The molecular weight excluding hydrogens is 324 g/mol. The lowest BCUT2D eigenvalue weighted by Gasteiger charge is -2.25. The number of carboxylic acids is 1. The fourth-order valence-electron chi connectivity index (χ4n) is 2.53. The van der Waals surface area contributed by atoms with Crippen LogP contribution in [0.4, 0.5) is 5.13 Å². The smallest absolute Gasteiger partial charge is 0.307 e. The average molecular weight is 337 g/mol. The van der Waals surface area contributed by atoms with Gasteiger partial charge in [0.15, 0.2) is 5.13 Å². The van der Waals surface area contributed by atoms with Gasteiger partial charge in [-0.05, 0) is 25.0 Å². The van der Waals surface area contributed by atoms with Crippen LogP contribution in [-0.2, 0) is 9.59 Å². The van der Waals surface area contributed by atoms with Gasteiger partial charge in [0.25, 0.3) is 0 Å². The molecule has 0 fully saturated rings. The second-order valence-electron chi connectivity index (χ2n) is 5.12. The van der Waals surface area contributed by atoms with Gasteiger partial charge in [-0.15, -0.1) is 0 Å². The minimum Gasteiger partial charge on any atom is -0.481 e. The molecule has 0 saturated heterocycles. The van der Waals surface area contributed by atoms with E-state index >= 15 is 0 Å². The van der Waals surface area contributed by atoms with Gasteiger partial charge in [0.05, 0.1) is 22.1 Å². The molecule has 0 unspecified atom stereocenters. The molecule has 0 spiro atoms. The van der Waals surface area contributed by atoms with Crippen LogP contribution < -0.4 is 5.32 Å². The number of benzene rings is 1. The number of aliphatic carboxylic acids is 1. The lowest BCUT2D eigenvalue weighted by atomic mass is 9.82. The van der Waals surface area contributed by atoms with E-state index in [1.165, 1.54) is 11.3 Å². The number of carbonyl (C=O) groups is 2. The van der Waals surface area contributed by atoms with Crippen LogP contribution in [0.25, 0.3) is 10.2 Å². The summed E-state index contributed by atoms with van der Waals surface area (Å²) in [7, 11) is 0. The van der Waals surface area contributed by atoms with Crippen LogP contribution in [0.3, 0.4) is 0 Å². The van der Waals surface area contributed by atoms with Gasteiger partial charge < -0.3 is 10.4 Å². The zero-order valence-electron chi connectivity index (χ0n) is 11.5. The van der Waals surface area contributed by atoms with E-state index in [1.54, 1.807) is 6.08 Å². The standard InChI is InChI=1S/C15H13ClN2O3S/c16-8-5-6-9(14(20)21)10(7-8)13(19)18-15-17-11-3-1-2-4-12(11)22-15/h1-5,9-10H,6-7H2,(H,20,21)(H,17,18,19)/t9-,10+/m1/s1. The van der Waals surface area contributed by atoms with E-state index in [-0.39, 0.29) is 18.7 Å². The Morgan fingerprint density at radius 1 is 1.32 bits per heavy atom. The van der Waals surface area contributed by atoms with E-state index in [0.29, 0.717) is 10.2 Å². The number of rotatable bonds is 3. The molecule has 5 nitrogen and oxygen atoms in total. The Morgan fingerprint density at radius 3 is 2.82 bits per heavy atom. The number of halogens is 1. The van der Waals surface area contributed by atoms with Gasteiger partial charge >= 0.3 is 5.97 Å². The summed E-state index contributed by atoms with van der Waals surface area (Å²) in [4.78, 5) is 28.0. The number of fused-ring (bicyclic) bond motifs is 1. The van der Waals surface area contributed by atoms with Gasteiger partial charge in [-0.3, -0.25) is 9.59 Å². The zero-order valence-corrected chi connectivity index (χ0v) is 13.0. The van der Waals surface area contributed by atoms with Crippen molar-refractivity contribution in [2.75, 3.05) is 5.32 Å². The summed E-state index contributed by atoms with van der Waals surface area (Å²) in [5.41, 5.74) is 0.805. The maximum absolute atomic E-state index is 12.4. The fourth-order valence-corrected chi connectivity index (χ4v) is 3.65. The summed E-state index contributed by atoms with van der Waals surface area (Å²) in [6.07, 6.45) is 2.18. The highest BCUT2D eigenvalue weighted by Gasteiger charge is 2.36. The Balaban J connectivity index is 1.80. The number of aromatic nitrogens is 1. The number of carboxylic acid groups (broad SMARTS) is 1. The van der Waals surface area contributed by atoms with E-state index in [2.05, 4.69) is 10.3 Å². The first-order valence-electron chi connectivity index (χ1n) is 6.78. The molecule has 1 amide bonds. The molecule has 1 aromatic carbocycles. The first-order chi connectivity index (χ1) is 10.5. The first-order valence-corrected chi connectivity index (χ1v) is 7.98. The number of amides is 1. The van der Waals surface area contributed by atoms with Gasteiger partial charge in [-0.2, -0.15) is 0 Å². The van der Waals surface area contributed by atoms with Gasteiger partial charge in [0.1, 0.15) is 0 Å². The molecule has 1 aromatic heterocycles. The number of hydrogen-bond acceptors (Lipinski definition) is 4. The zero-order chi connectivity index (χ0) is 15.7. The molecule has 2 N–H and O–H groups in total. The highest BCUT2D eigenvalue weighted by Crippen LogP contribution is 2.33. The average Bonchev–Trinajstić information content (AvgIpc) is 2.88. The molecule has 3 rings (SSSR count). The lowest BCUT2D eigenvalue weighted by molar-refractivity contribution is -0.146. The number of thiazole rings is 1. The predicted molar refractivity (Wildman–Crippen MR) is 86.0 cm³/mol. The van der Waals surface area contributed by atoms with Crippen molar-refractivity contribution in [3.05, 3.63) is 35.4 Å². The molecule has 114 valence electrons. The molecule has 2 aromatic rings. The molecule has 0 bridgehead atoms. The fraction of sp³-hybridized carbons (Fsp3) is 0.267. The van der Waals surface area contributed by atoms with E-state index in [0.717, 1.165) is 10.2 Å². The largest absolute Gasteiger partial charge is 0.481 e. The molecular formula is C15H13ClN2O3S. The van der Waals surface area contributed by atoms with Gasteiger partial charge in [0.2, 0.25) is 5.91 Å². The van der Waals surface area contributed by atoms with Crippen LogP contribution in [0, 0.1) is 11.8 Å². The van der Waals surface area contributed by atoms with Crippen molar-refractivity contribution in [2.24, 2.45) is 11.8 Å². The predicted octanol–water partition coefficient (Wildman–Crippen LogP) is 3.47. The van der Waals surface area contributed by atoms with Crippen LogP contribution >= 0.6 is 22.9 Å². The van der Waals surface area contributed by atoms with Crippen LogP contribution in [0.5, 0.6) is 0 Å². The number of para-hydroxylation sites is 1. The number of nitrogens with one attached hydrogen (secondary N) is 1. The molecule has 1 heterocycles. The molecule has 0 radical (unpaired) electrons. The third-order valence-corrected chi connectivity index (χ3v) is 4.93. The molecule has 2 atom stereocenters. The molecule has 0 saturated carbocycles. The topological polar surface area (TPSA) is 79.3 Å². The minimum absolute atomic E-state index is 0.245. The second kappa shape index (κ2) is 6.06. The van der Waals surface area contributed by atoms with Crippen LogP contribution in [0.15, 0.2) is 35.4 Å². The Kier molecular flexibility index (Phi) is 4.13. The summed E-state index contributed by atoms with van der Waals surface area (Å²) in [5, 5.41) is 13.0. The number of allylic oxidation sites excluding steroid dienone is 2. The quantitative estimate of drug-likeness (QED) is 0.899. The van der Waals surface area contributed by atoms with Crippen molar-refractivity contribution < 1.29 is 14.7 Å². The van der Waals surface area contributed by atoms with Crippen molar-refractivity contribution in [1.82, 2.24) is 4.98 Å². The summed E-state index contributed by atoms with van der Waals surface area (Å²) in [5.74, 6) is -2.76. The number of hydrogen-bond donors (Lipinski definition) is 2. The third-order valence-electron chi connectivity index (χ3n) is 3.67. The van der Waals surface area contributed by atoms with Gasteiger partial charge in [-0.1, -0.05) is 41.1 Å². The number of carbonyl (C=O) groups excluding carboxylic acids is 1. The number of anilines is 1.